The first-order valence-corrected chi connectivity index (χ1v) is 10.0. The van der Waals surface area contributed by atoms with Crippen molar-refractivity contribution in [1.82, 2.24) is 14.7 Å². The largest absolute Gasteiger partial charge is 0.497 e. The number of nitrogens with zero attached hydrogens (tertiary/aromatic N) is 3. The number of likely N-dealkylation sites (N-methyl/N-ethyl adjacent to an activating group) is 2. The summed E-state index contributed by atoms with van der Waals surface area (Å²) in [6.07, 6.45) is 3.65. The van der Waals surface area contributed by atoms with Gasteiger partial charge in [0.05, 0.1) is 31.6 Å². The molecule has 0 aromatic heterocycles. The molecule has 1 spiro atoms. The first kappa shape index (κ1) is 19.9. The summed E-state index contributed by atoms with van der Waals surface area (Å²) >= 11 is 0. The smallest absolute Gasteiger partial charge is 0.230 e. The number of rotatable bonds is 7. The summed E-state index contributed by atoms with van der Waals surface area (Å²) in [6.45, 7) is 2.36. The molecule has 2 unspecified atom stereocenters. The van der Waals surface area contributed by atoms with Crippen LogP contribution in [-0.2, 0) is 20.9 Å². The van der Waals surface area contributed by atoms with E-state index in [9.17, 15) is 9.59 Å². The van der Waals surface area contributed by atoms with E-state index in [0.717, 1.165) is 17.9 Å². The molecule has 0 N–H and O–H groups in total. The molecule has 0 radical (unpaired) electrons. The normalized spacial score (nSPS) is 29.6. The van der Waals surface area contributed by atoms with Crippen LogP contribution in [-0.4, -0.2) is 86.1 Å². The summed E-state index contributed by atoms with van der Waals surface area (Å²) < 4.78 is 11.5. The number of carbonyl (C=O) groups excluding carboxylic acids is 2. The molecule has 2 bridgehead atoms. The fourth-order valence-electron chi connectivity index (χ4n) is 4.70. The van der Waals surface area contributed by atoms with Crippen LogP contribution in [0.2, 0.25) is 0 Å². The van der Waals surface area contributed by atoms with Crippen molar-refractivity contribution in [2.45, 2.75) is 18.2 Å². The van der Waals surface area contributed by atoms with Crippen molar-refractivity contribution >= 4 is 11.8 Å². The molecule has 1 aromatic rings. The van der Waals surface area contributed by atoms with Gasteiger partial charge in [-0.2, -0.15) is 0 Å². The molecule has 29 heavy (non-hydrogen) atoms. The highest BCUT2D eigenvalue weighted by Crippen LogP contribution is 2.52. The molecule has 0 saturated carbocycles. The van der Waals surface area contributed by atoms with Crippen molar-refractivity contribution in [3.8, 4) is 5.75 Å². The molecule has 2 fully saturated rings. The number of carbonyl (C=O) groups is 2. The first-order valence-electron chi connectivity index (χ1n) is 10.0. The van der Waals surface area contributed by atoms with Crippen LogP contribution in [0.25, 0.3) is 0 Å². The molecule has 3 aliphatic heterocycles. The maximum Gasteiger partial charge on any atom is 0.230 e. The molecule has 0 aliphatic carbocycles. The molecular formula is C22H29N3O4. The molecule has 7 nitrogen and oxygen atoms in total. The van der Waals surface area contributed by atoms with E-state index in [0.29, 0.717) is 19.6 Å². The van der Waals surface area contributed by atoms with Crippen molar-refractivity contribution in [2.24, 2.45) is 11.8 Å². The number of fused-ring (bicyclic) bond motifs is 1. The Morgan fingerprint density at radius 1 is 1.31 bits per heavy atom. The zero-order valence-corrected chi connectivity index (χ0v) is 17.5. The van der Waals surface area contributed by atoms with Crippen LogP contribution in [0.4, 0.5) is 0 Å². The van der Waals surface area contributed by atoms with Crippen LogP contribution >= 0.6 is 0 Å². The number of amides is 2. The van der Waals surface area contributed by atoms with Gasteiger partial charge in [0.15, 0.2) is 0 Å². The third kappa shape index (κ3) is 3.42. The summed E-state index contributed by atoms with van der Waals surface area (Å²) in [5.74, 6) is -0.142. The minimum Gasteiger partial charge on any atom is -0.497 e. The number of methoxy groups -OCH3 is 1. The van der Waals surface area contributed by atoms with Crippen molar-refractivity contribution in [1.29, 1.82) is 0 Å². The monoisotopic (exact) mass is 399 g/mol. The first-order chi connectivity index (χ1) is 13.8. The number of likely N-dealkylation sites (tertiary alicyclic amines) is 1. The summed E-state index contributed by atoms with van der Waals surface area (Å²) in [4.78, 5) is 32.1. The highest BCUT2D eigenvalue weighted by Gasteiger charge is 2.67. The lowest BCUT2D eigenvalue weighted by Crippen LogP contribution is -2.46. The van der Waals surface area contributed by atoms with Gasteiger partial charge in [-0.25, -0.2) is 0 Å². The lowest BCUT2D eigenvalue weighted by molar-refractivity contribution is -0.142. The van der Waals surface area contributed by atoms with Gasteiger partial charge >= 0.3 is 0 Å². The summed E-state index contributed by atoms with van der Waals surface area (Å²) in [6, 6.07) is 7.72. The van der Waals surface area contributed by atoms with Crippen molar-refractivity contribution in [3.63, 3.8) is 0 Å². The quantitative estimate of drug-likeness (QED) is 0.640. The molecule has 4 atom stereocenters. The van der Waals surface area contributed by atoms with Crippen LogP contribution in [0.15, 0.2) is 36.4 Å². The number of benzene rings is 1. The van der Waals surface area contributed by atoms with Gasteiger partial charge in [-0.15, -0.1) is 0 Å². The Kier molecular flexibility index (Phi) is 5.12. The molecule has 2 amide bonds. The van der Waals surface area contributed by atoms with Crippen LogP contribution in [0.3, 0.4) is 0 Å². The Balaban J connectivity index is 1.52. The highest BCUT2D eigenvalue weighted by molar-refractivity contribution is 5.93. The second-order valence-electron chi connectivity index (χ2n) is 8.51. The SMILES string of the molecule is COc1cccc(CN2C[C@]34C=C[C@H](O3)C(C(=O)N(C)CCN(C)C)C4C2=O)c1. The molecule has 1 aromatic carbocycles. The number of hydrogen-bond acceptors (Lipinski definition) is 5. The van der Waals surface area contributed by atoms with Gasteiger partial charge in [0.1, 0.15) is 11.4 Å². The van der Waals surface area contributed by atoms with E-state index in [4.69, 9.17) is 9.47 Å². The standard InChI is InChI=1S/C22H29N3O4/c1-23(2)10-11-24(3)20(26)18-17-8-9-22(29-17)14-25(21(27)19(18)22)13-15-6-5-7-16(12-15)28-4/h5-9,12,17-19H,10-11,13-14H2,1-4H3/t17-,18?,19?,22-/m0/s1. The highest BCUT2D eigenvalue weighted by atomic mass is 16.5. The van der Waals surface area contributed by atoms with E-state index in [-0.39, 0.29) is 17.9 Å². The Labute approximate surface area is 171 Å². The van der Waals surface area contributed by atoms with Crippen LogP contribution in [0.1, 0.15) is 5.56 Å². The fraction of sp³-hybridized carbons (Fsp3) is 0.545. The lowest BCUT2D eigenvalue weighted by atomic mass is 9.76. The maximum absolute atomic E-state index is 13.3. The zero-order valence-electron chi connectivity index (χ0n) is 17.5. The van der Waals surface area contributed by atoms with E-state index in [2.05, 4.69) is 0 Å². The van der Waals surface area contributed by atoms with Crippen molar-refractivity contribution < 1.29 is 19.1 Å². The molecule has 3 heterocycles. The predicted octanol–water partition coefficient (Wildman–Crippen LogP) is 0.997. The Morgan fingerprint density at radius 3 is 2.83 bits per heavy atom. The second-order valence-corrected chi connectivity index (χ2v) is 8.51. The molecule has 156 valence electrons. The van der Waals surface area contributed by atoms with E-state index >= 15 is 0 Å². The Morgan fingerprint density at radius 2 is 2.10 bits per heavy atom. The van der Waals surface area contributed by atoms with Crippen LogP contribution in [0.5, 0.6) is 5.75 Å². The van der Waals surface area contributed by atoms with Gasteiger partial charge in [0.25, 0.3) is 0 Å². The van der Waals surface area contributed by atoms with E-state index in [1.165, 1.54) is 0 Å². The Hall–Kier alpha value is -2.38. The third-order valence-electron chi connectivity index (χ3n) is 6.23. The van der Waals surface area contributed by atoms with Crippen LogP contribution < -0.4 is 4.74 Å². The Bertz CT molecular complexity index is 839. The molecule has 3 aliphatic rings. The summed E-state index contributed by atoms with van der Waals surface area (Å²) in [5, 5.41) is 0. The van der Waals surface area contributed by atoms with Crippen molar-refractivity contribution in [2.75, 3.05) is 47.9 Å². The lowest BCUT2D eigenvalue weighted by Gasteiger charge is -2.28. The van der Waals surface area contributed by atoms with Crippen molar-refractivity contribution in [3.05, 3.63) is 42.0 Å². The number of hydrogen-bond donors (Lipinski definition) is 0. The van der Waals surface area contributed by atoms with Gasteiger partial charge in [0.2, 0.25) is 11.8 Å². The summed E-state index contributed by atoms with van der Waals surface area (Å²) in [5.41, 5.74) is 0.321. The zero-order chi connectivity index (χ0) is 20.8. The van der Waals surface area contributed by atoms with Gasteiger partial charge in [0, 0.05) is 26.7 Å². The molecule has 2 saturated heterocycles. The van der Waals surface area contributed by atoms with E-state index in [1.54, 1.807) is 12.0 Å². The minimum atomic E-state index is -0.677. The van der Waals surface area contributed by atoms with E-state index < -0.39 is 17.4 Å². The van der Waals surface area contributed by atoms with Gasteiger partial charge in [-0.05, 0) is 31.8 Å². The average molecular weight is 399 g/mol. The summed E-state index contributed by atoms with van der Waals surface area (Å²) in [7, 11) is 7.40. The topological polar surface area (TPSA) is 62.3 Å². The maximum atomic E-state index is 13.3. The average Bonchev–Trinajstić information content (AvgIpc) is 3.34. The second kappa shape index (κ2) is 7.46. The number of ether oxygens (including phenoxy) is 2. The van der Waals surface area contributed by atoms with E-state index in [1.807, 2.05) is 67.4 Å². The molecular weight excluding hydrogens is 370 g/mol. The predicted molar refractivity (Wildman–Crippen MR) is 108 cm³/mol. The van der Waals surface area contributed by atoms with Gasteiger partial charge < -0.3 is 24.2 Å². The minimum absolute atomic E-state index is 0.000899. The molecule has 7 heteroatoms. The van der Waals surface area contributed by atoms with Gasteiger partial charge in [-0.1, -0.05) is 24.3 Å². The molecule has 4 rings (SSSR count). The third-order valence-corrected chi connectivity index (χ3v) is 6.23. The van der Waals surface area contributed by atoms with Gasteiger partial charge in [-0.3, -0.25) is 9.59 Å². The fourth-order valence-corrected chi connectivity index (χ4v) is 4.70. The van der Waals surface area contributed by atoms with Crippen LogP contribution in [0, 0.1) is 11.8 Å².